The highest BCUT2D eigenvalue weighted by atomic mass is 16.2. The number of hydrogen-bond acceptors (Lipinski definition) is 6. The molecule has 1 amide bonds. The minimum absolute atomic E-state index is 0.0439. The van der Waals surface area contributed by atoms with Gasteiger partial charge in [-0.25, -0.2) is 15.8 Å². The molecule has 1 aromatic heterocycles. The smallest absolute Gasteiger partial charge is 0.242 e. The van der Waals surface area contributed by atoms with E-state index in [9.17, 15) is 4.79 Å². The lowest BCUT2D eigenvalue weighted by atomic mass is 10.2. The number of carbonyl (C=O) groups is 1. The largest absolute Gasteiger partial charge is 0.358 e. The second-order valence-corrected chi connectivity index (χ2v) is 5.92. The number of hydrazine groups is 1. The van der Waals surface area contributed by atoms with Crippen molar-refractivity contribution < 1.29 is 4.79 Å². The number of nitrogens with one attached hydrogen (secondary N) is 3. The van der Waals surface area contributed by atoms with Gasteiger partial charge in [0.1, 0.15) is 23.5 Å². The third-order valence-electron chi connectivity index (χ3n) is 3.28. The Hall–Kier alpha value is -1.89. The van der Waals surface area contributed by atoms with E-state index in [2.05, 4.69) is 39.9 Å². The van der Waals surface area contributed by atoms with Gasteiger partial charge in [-0.2, -0.15) is 0 Å². The minimum Gasteiger partial charge on any atom is -0.358 e. The maximum absolute atomic E-state index is 12.0. The summed E-state index contributed by atoms with van der Waals surface area (Å²) < 4.78 is 0. The Balaban J connectivity index is 2.00. The average molecular weight is 292 g/mol. The van der Waals surface area contributed by atoms with Crippen molar-refractivity contribution >= 4 is 17.5 Å². The minimum atomic E-state index is -0.365. The molecule has 0 spiro atoms. The molecule has 1 heterocycles. The average Bonchev–Trinajstić information content (AvgIpc) is 3.28. The van der Waals surface area contributed by atoms with Crippen molar-refractivity contribution in [3.63, 3.8) is 0 Å². The second-order valence-electron chi connectivity index (χ2n) is 5.92. The van der Waals surface area contributed by atoms with Crippen molar-refractivity contribution in [3.8, 4) is 0 Å². The Bertz CT molecular complexity index is 500. The molecule has 0 bridgehead atoms. The number of nitrogens with zero attached hydrogens (tertiary/aromatic N) is 2. The maximum atomic E-state index is 12.0. The monoisotopic (exact) mass is 292 g/mol. The second kappa shape index (κ2) is 6.71. The zero-order valence-corrected chi connectivity index (χ0v) is 12.8. The number of aromatic nitrogens is 2. The van der Waals surface area contributed by atoms with Crippen molar-refractivity contribution in [1.82, 2.24) is 15.3 Å². The summed E-state index contributed by atoms with van der Waals surface area (Å²) >= 11 is 0. The molecule has 1 fully saturated rings. The molecule has 7 heteroatoms. The van der Waals surface area contributed by atoms with Crippen molar-refractivity contribution in [2.75, 3.05) is 17.3 Å². The zero-order chi connectivity index (χ0) is 15.4. The fourth-order valence-electron chi connectivity index (χ4n) is 1.88. The maximum Gasteiger partial charge on any atom is 0.242 e. The van der Waals surface area contributed by atoms with E-state index in [1.54, 1.807) is 6.07 Å². The number of hydrogen-bond donors (Lipinski definition) is 4. The Labute approximate surface area is 125 Å². The molecule has 7 nitrogen and oxygen atoms in total. The first-order valence-electron chi connectivity index (χ1n) is 7.39. The van der Waals surface area contributed by atoms with Crippen molar-refractivity contribution in [3.05, 3.63) is 11.9 Å². The highest BCUT2D eigenvalue weighted by Gasteiger charge is 2.27. The summed E-state index contributed by atoms with van der Waals surface area (Å²) in [6.07, 6.45) is 2.22. The van der Waals surface area contributed by atoms with Gasteiger partial charge in [0.2, 0.25) is 5.91 Å². The van der Waals surface area contributed by atoms with Crippen LogP contribution in [0.15, 0.2) is 6.07 Å². The number of nitrogens with two attached hydrogens (primary N) is 1. The van der Waals surface area contributed by atoms with Crippen LogP contribution in [-0.2, 0) is 4.79 Å². The van der Waals surface area contributed by atoms with Gasteiger partial charge in [0, 0.05) is 18.5 Å². The van der Waals surface area contributed by atoms with Crippen LogP contribution in [-0.4, -0.2) is 28.5 Å². The van der Waals surface area contributed by atoms with Crippen molar-refractivity contribution in [2.45, 2.75) is 45.6 Å². The standard InChI is InChI=1S/C14H24N6O/c1-8(2)7-16-14(21)9(3)17-11-6-12(20-15)19-13(18-11)10-4-5-10/h6,8-10H,4-5,7,15H2,1-3H3,(H,16,21)(H2,17,18,19,20). The van der Waals surface area contributed by atoms with E-state index in [4.69, 9.17) is 5.84 Å². The lowest BCUT2D eigenvalue weighted by molar-refractivity contribution is -0.121. The van der Waals surface area contributed by atoms with E-state index in [0.717, 1.165) is 18.7 Å². The fourth-order valence-corrected chi connectivity index (χ4v) is 1.88. The van der Waals surface area contributed by atoms with Gasteiger partial charge < -0.3 is 16.1 Å². The first kappa shape index (κ1) is 15.5. The van der Waals surface area contributed by atoms with Gasteiger partial charge in [-0.05, 0) is 25.7 Å². The summed E-state index contributed by atoms with van der Waals surface area (Å²) in [5, 5.41) is 6.00. The molecule has 2 rings (SSSR count). The van der Waals surface area contributed by atoms with E-state index in [0.29, 0.717) is 30.0 Å². The molecule has 1 atom stereocenters. The molecular formula is C14H24N6O. The molecule has 1 saturated carbocycles. The fraction of sp³-hybridized carbons (Fsp3) is 0.643. The first-order chi connectivity index (χ1) is 9.99. The van der Waals surface area contributed by atoms with E-state index in [1.165, 1.54) is 0 Å². The van der Waals surface area contributed by atoms with Crippen LogP contribution in [0, 0.1) is 5.92 Å². The summed E-state index contributed by atoms with van der Waals surface area (Å²) in [5.74, 6) is 8.19. The van der Waals surface area contributed by atoms with Gasteiger partial charge in [-0.3, -0.25) is 4.79 Å². The molecule has 1 unspecified atom stereocenters. The van der Waals surface area contributed by atoms with Gasteiger partial charge in [0.15, 0.2) is 0 Å². The van der Waals surface area contributed by atoms with Crippen LogP contribution in [0.4, 0.5) is 11.6 Å². The third-order valence-corrected chi connectivity index (χ3v) is 3.28. The van der Waals surface area contributed by atoms with Gasteiger partial charge in [-0.1, -0.05) is 13.8 Å². The summed E-state index contributed by atoms with van der Waals surface area (Å²) in [7, 11) is 0. The normalized spacial score (nSPS) is 15.7. The predicted octanol–water partition coefficient (Wildman–Crippen LogP) is 1.21. The van der Waals surface area contributed by atoms with Crippen LogP contribution in [0.1, 0.15) is 45.4 Å². The molecule has 1 aliphatic carbocycles. The summed E-state index contributed by atoms with van der Waals surface area (Å²) in [6, 6.07) is 1.34. The molecule has 0 saturated heterocycles. The van der Waals surface area contributed by atoms with Gasteiger partial charge in [0.25, 0.3) is 0 Å². The zero-order valence-electron chi connectivity index (χ0n) is 12.8. The Morgan fingerprint density at radius 3 is 2.57 bits per heavy atom. The lowest BCUT2D eigenvalue weighted by Crippen LogP contribution is -2.39. The van der Waals surface area contributed by atoms with Crippen molar-refractivity contribution in [1.29, 1.82) is 0 Å². The lowest BCUT2D eigenvalue weighted by Gasteiger charge is -2.16. The Morgan fingerprint density at radius 1 is 1.33 bits per heavy atom. The number of carbonyl (C=O) groups excluding carboxylic acids is 1. The number of amides is 1. The molecule has 0 aliphatic heterocycles. The van der Waals surface area contributed by atoms with Gasteiger partial charge in [-0.15, -0.1) is 0 Å². The molecule has 0 radical (unpaired) electrons. The molecule has 1 aromatic rings. The van der Waals surface area contributed by atoms with Crippen LogP contribution in [0.5, 0.6) is 0 Å². The van der Waals surface area contributed by atoms with Gasteiger partial charge in [0.05, 0.1) is 0 Å². The van der Waals surface area contributed by atoms with Crippen molar-refractivity contribution in [2.24, 2.45) is 11.8 Å². The van der Waals surface area contributed by atoms with Crippen LogP contribution < -0.4 is 21.9 Å². The number of rotatable bonds is 7. The predicted molar refractivity (Wildman–Crippen MR) is 82.7 cm³/mol. The van der Waals surface area contributed by atoms with Crippen LogP contribution in [0.25, 0.3) is 0 Å². The Kier molecular flexibility index (Phi) is 4.95. The van der Waals surface area contributed by atoms with Crippen LogP contribution in [0.3, 0.4) is 0 Å². The molecule has 116 valence electrons. The summed E-state index contributed by atoms with van der Waals surface area (Å²) in [5.41, 5.74) is 2.54. The Morgan fingerprint density at radius 2 is 2.00 bits per heavy atom. The van der Waals surface area contributed by atoms with E-state index >= 15 is 0 Å². The van der Waals surface area contributed by atoms with Crippen LogP contribution in [0.2, 0.25) is 0 Å². The summed E-state index contributed by atoms with van der Waals surface area (Å²) in [6.45, 7) is 6.59. The molecule has 0 aromatic carbocycles. The number of anilines is 2. The number of nitrogen functional groups attached to an aromatic ring is 1. The third kappa shape index (κ3) is 4.56. The highest BCUT2D eigenvalue weighted by Crippen LogP contribution is 2.38. The molecule has 1 aliphatic rings. The molecule has 21 heavy (non-hydrogen) atoms. The van der Waals surface area contributed by atoms with Gasteiger partial charge >= 0.3 is 0 Å². The summed E-state index contributed by atoms with van der Waals surface area (Å²) in [4.78, 5) is 20.8. The van der Waals surface area contributed by atoms with E-state index in [1.807, 2.05) is 6.92 Å². The van der Waals surface area contributed by atoms with E-state index in [-0.39, 0.29) is 11.9 Å². The highest BCUT2D eigenvalue weighted by molar-refractivity contribution is 5.83. The SMILES string of the molecule is CC(C)CNC(=O)C(C)Nc1cc(NN)nc(C2CC2)n1. The first-order valence-corrected chi connectivity index (χ1v) is 7.39. The topological polar surface area (TPSA) is 105 Å². The molecule has 5 N–H and O–H groups in total. The molecular weight excluding hydrogens is 268 g/mol. The van der Waals surface area contributed by atoms with Crippen LogP contribution >= 0.6 is 0 Å². The van der Waals surface area contributed by atoms with E-state index < -0.39 is 0 Å². The quantitative estimate of drug-likeness (QED) is 0.445.